The Bertz CT molecular complexity index is 463. The lowest BCUT2D eigenvalue weighted by Gasteiger charge is -2.35. The summed E-state index contributed by atoms with van der Waals surface area (Å²) in [5, 5.41) is 8.65. The van der Waals surface area contributed by atoms with Gasteiger partial charge in [-0.1, -0.05) is 6.07 Å². The van der Waals surface area contributed by atoms with Gasteiger partial charge in [0, 0.05) is 23.9 Å². The van der Waals surface area contributed by atoms with Crippen molar-refractivity contribution in [3.63, 3.8) is 0 Å². The van der Waals surface area contributed by atoms with Gasteiger partial charge < -0.3 is 15.5 Å². The van der Waals surface area contributed by atoms with Crippen molar-refractivity contribution in [3.05, 3.63) is 22.4 Å². The van der Waals surface area contributed by atoms with Gasteiger partial charge in [-0.2, -0.15) is 0 Å². The molecule has 0 radical (unpaired) electrons. The first-order valence-corrected chi connectivity index (χ1v) is 9.92. The first-order chi connectivity index (χ1) is 11.3. The van der Waals surface area contributed by atoms with E-state index in [4.69, 9.17) is 0 Å². The van der Waals surface area contributed by atoms with Gasteiger partial charge in [-0.15, -0.1) is 11.3 Å². The van der Waals surface area contributed by atoms with Crippen LogP contribution < -0.4 is 10.6 Å². The van der Waals surface area contributed by atoms with Crippen LogP contribution in [0.1, 0.15) is 30.6 Å². The fourth-order valence-corrected chi connectivity index (χ4v) is 4.42. The van der Waals surface area contributed by atoms with Crippen molar-refractivity contribution < 1.29 is 4.79 Å². The minimum atomic E-state index is 0.225. The van der Waals surface area contributed by atoms with Crippen LogP contribution in [0.3, 0.4) is 0 Å². The molecule has 3 rings (SSSR count). The van der Waals surface area contributed by atoms with E-state index in [2.05, 4.69) is 33.0 Å². The maximum atomic E-state index is 12.3. The van der Waals surface area contributed by atoms with E-state index in [0.717, 1.165) is 44.8 Å². The van der Waals surface area contributed by atoms with Gasteiger partial charge >= 0.3 is 0 Å². The van der Waals surface area contributed by atoms with Crippen molar-refractivity contribution in [1.82, 2.24) is 15.5 Å². The molecular weight excluding hydrogens is 306 g/mol. The summed E-state index contributed by atoms with van der Waals surface area (Å²) in [6, 6.07) is 4.20. The molecule has 0 atom stereocenters. The molecule has 2 aliphatic rings. The van der Waals surface area contributed by atoms with Crippen LogP contribution in [0.15, 0.2) is 17.5 Å². The minimum Gasteiger partial charge on any atom is -0.355 e. The molecule has 2 aliphatic heterocycles. The average Bonchev–Trinajstić information content (AvgIpc) is 3.10. The summed E-state index contributed by atoms with van der Waals surface area (Å²) in [6.07, 6.45) is 5.62. The van der Waals surface area contributed by atoms with E-state index in [1.54, 1.807) is 11.3 Å². The maximum absolute atomic E-state index is 12.3. The van der Waals surface area contributed by atoms with Gasteiger partial charge in [-0.05, 0) is 75.6 Å². The SMILES string of the molecule is O=C(NCCc1cccs1)C1CCN(CC2CCNCC2)CC1. The number of nitrogens with one attached hydrogen (secondary N) is 2. The first kappa shape index (κ1) is 16.9. The normalized spacial score (nSPS) is 21.4. The Labute approximate surface area is 143 Å². The molecule has 128 valence electrons. The van der Waals surface area contributed by atoms with Gasteiger partial charge in [0.2, 0.25) is 5.91 Å². The molecule has 2 saturated heterocycles. The van der Waals surface area contributed by atoms with Gasteiger partial charge in [-0.25, -0.2) is 0 Å². The quantitative estimate of drug-likeness (QED) is 0.837. The molecule has 1 aromatic rings. The number of thiophene rings is 1. The van der Waals surface area contributed by atoms with E-state index in [0.29, 0.717) is 0 Å². The van der Waals surface area contributed by atoms with E-state index in [1.165, 1.54) is 37.4 Å². The molecular formula is C18H29N3OS. The second-order valence-electron chi connectivity index (χ2n) is 6.89. The number of likely N-dealkylation sites (tertiary alicyclic amines) is 1. The number of nitrogens with zero attached hydrogens (tertiary/aromatic N) is 1. The number of rotatable bonds is 6. The van der Waals surface area contributed by atoms with Gasteiger partial charge in [-0.3, -0.25) is 4.79 Å². The van der Waals surface area contributed by atoms with Crippen LogP contribution >= 0.6 is 11.3 Å². The fourth-order valence-electron chi connectivity index (χ4n) is 3.72. The highest BCUT2D eigenvalue weighted by atomic mass is 32.1. The maximum Gasteiger partial charge on any atom is 0.223 e. The monoisotopic (exact) mass is 335 g/mol. The standard InChI is InChI=1S/C18H29N3OS/c22-18(20-10-5-17-2-1-13-23-17)16-6-11-21(12-7-16)14-15-3-8-19-9-4-15/h1-2,13,15-16,19H,3-12,14H2,(H,20,22). The number of carbonyl (C=O) groups is 1. The van der Waals surface area contributed by atoms with Crippen molar-refractivity contribution >= 4 is 17.2 Å². The predicted octanol–water partition coefficient (Wildman–Crippen LogP) is 2.12. The van der Waals surface area contributed by atoms with E-state index in [-0.39, 0.29) is 11.8 Å². The van der Waals surface area contributed by atoms with Crippen LogP contribution in [0.2, 0.25) is 0 Å². The first-order valence-electron chi connectivity index (χ1n) is 9.04. The third-order valence-electron chi connectivity index (χ3n) is 5.18. The number of carbonyl (C=O) groups excluding carboxylic acids is 1. The van der Waals surface area contributed by atoms with Gasteiger partial charge in [0.15, 0.2) is 0 Å². The summed E-state index contributed by atoms with van der Waals surface area (Å²) in [5.74, 6) is 1.35. The molecule has 23 heavy (non-hydrogen) atoms. The molecule has 1 aromatic heterocycles. The lowest BCUT2D eigenvalue weighted by molar-refractivity contribution is -0.126. The average molecular weight is 336 g/mol. The molecule has 0 spiro atoms. The lowest BCUT2D eigenvalue weighted by Crippen LogP contribution is -2.43. The number of hydrogen-bond acceptors (Lipinski definition) is 4. The highest BCUT2D eigenvalue weighted by Gasteiger charge is 2.26. The summed E-state index contributed by atoms with van der Waals surface area (Å²) in [7, 11) is 0. The Balaban J connectivity index is 1.32. The molecule has 0 aromatic carbocycles. The van der Waals surface area contributed by atoms with E-state index in [9.17, 15) is 4.79 Å². The summed E-state index contributed by atoms with van der Waals surface area (Å²) in [4.78, 5) is 16.2. The summed E-state index contributed by atoms with van der Waals surface area (Å²) < 4.78 is 0. The number of piperidine rings is 2. The fraction of sp³-hybridized carbons (Fsp3) is 0.722. The van der Waals surface area contributed by atoms with E-state index < -0.39 is 0 Å². The van der Waals surface area contributed by atoms with Crippen LogP contribution in [0, 0.1) is 11.8 Å². The molecule has 2 fully saturated rings. The zero-order chi connectivity index (χ0) is 15.9. The summed E-state index contributed by atoms with van der Waals surface area (Å²) in [5.41, 5.74) is 0. The molecule has 0 bridgehead atoms. The minimum absolute atomic E-state index is 0.225. The largest absolute Gasteiger partial charge is 0.355 e. The smallest absolute Gasteiger partial charge is 0.223 e. The molecule has 3 heterocycles. The Morgan fingerprint density at radius 2 is 2.04 bits per heavy atom. The van der Waals surface area contributed by atoms with Gasteiger partial charge in [0.1, 0.15) is 0 Å². The predicted molar refractivity (Wildman–Crippen MR) is 95.8 cm³/mol. The lowest BCUT2D eigenvalue weighted by atomic mass is 9.93. The van der Waals surface area contributed by atoms with Crippen LogP contribution in [0.5, 0.6) is 0 Å². The topological polar surface area (TPSA) is 44.4 Å². The van der Waals surface area contributed by atoms with Crippen LogP contribution in [-0.2, 0) is 11.2 Å². The Kier molecular flexibility index (Phi) is 6.48. The van der Waals surface area contributed by atoms with E-state index in [1.807, 2.05) is 0 Å². The zero-order valence-corrected chi connectivity index (χ0v) is 14.7. The van der Waals surface area contributed by atoms with Crippen molar-refractivity contribution in [2.45, 2.75) is 32.1 Å². The third kappa shape index (κ3) is 5.30. The van der Waals surface area contributed by atoms with Gasteiger partial charge in [0.05, 0.1) is 0 Å². The number of hydrogen-bond donors (Lipinski definition) is 2. The Morgan fingerprint density at radius 1 is 1.26 bits per heavy atom. The van der Waals surface area contributed by atoms with Crippen molar-refractivity contribution in [2.24, 2.45) is 11.8 Å². The second kappa shape index (κ2) is 8.81. The second-order valence-corrected chi connectivity index (χ2v) is 7.92. The van der Waals surface area contributed by atoms with Crippen LogP contribution in [0.25, 0.3) is 0 Å². The van der Waals surface area contributed by atoms with E-state index >= 15 is 0 Å². The molecule has 0 saturated carbocycles. The zero-order valence-electron chi connectivity index (χ0n) is 13.9. The Hall–Kier alpha value is -0.910. The summed E-state index contributed by atoms with van der Waals surface area (Å²) >= 11 is 1.76. The molecule has 0 aliphatic carbocycles. The highest BCUT2D eigenvalue weighted by molar-refractivity contribution is 7.09. The molecule has 4 nitrogen and oxygen atoms in total. The van der Waals surface area contributed by atoms with Gasteiger partial charge in [0.25, 0.3) is 0 Å². The Morgan fingerprint density at radius 3 is 2.74 bits per heavy atom. The molecule has 2 N–H and O–H groups in total. The summed E-state index contributed by atoms with van der Waals surface area (Å²) in [6.45, 7) is 6.53. The molecule has 1 amide bonds. The highest BCUT2D eigenvalue weighted by Crippen LogP contribution is 2.21. The van der Waals surface area contributed by atoms with Crippen LogP contribution in [-0.4, -0.2) is 50.1 Å². The van der Waals surface area contributed by atoms with Crippen molar-refractivity contribution in [2.75, 3.05) is 39.3 Å². The van der Waals surface area contributed by atoms with Crippen molar-refractivity contribution in [3.8, 4) is 0 Å². The number of amides is 1. The molecule has 5 heteroatoms. The molecule has 0 unspecified atom stereocenters. The van der Waals surface area contributed by atoms with Crippen LogP contribution in [0.4, 0.5) is 0 Å². The van der Waals surface area contributed by atoms with Crippen molar-refractivity contribution in [1.29, 1.82) is 0 Å². The third-order valence-corrected chi connectivity index (χ3v) is 6.12.